The van der Waals surface area contributed by atoms with Gasteiger partial charge in [-0.1, -0.05) is 35.3 Å². The van der Waals surface area contributed by atoms with Crippen LogP contribution in [0.3, 0.4) is 0 Å². The van der Waals surface area contributed by atoms with E-state index in [9.17, 15) is 4.39 Å². The van der Waals surface area contributed by atoms with Crippen molar-refractivity contribution in [2.75, 3.05) is 17.2 Å². The molecular weight excluding hydrogens is 364 g/mol. The molecule has 2 N–H and O–H groups in total. The second-order valence-electron chi connectivity index (χ2n) is 5.25. The van der Waals surface area contributed by atoms with Crippen molar-refractivity contribution in [2.24, 2.45) is 0 Å². The van der Waals surface area contributed by atoms with Crippen molar-refractivity contribution in [3.05, 3.63) is 70.1 Å². The molecule has 0 bridgehead atoms. The molecule has 8 heteroatoms. The van der Waals surface area contributed by atoms with Gasteiger partial charge in [0.05, 0.1) is 6.20 Å². The largest absolute Gasteiger partial charge is 0.368 e. The third kappa shape index (κ3) is 5.27. The van der Waals surface area contributed by atoms with Crippen molar-refractivity contribution in [2.45, 2.75) is 6.42 Å². The molecule has 0 radical (unpaired) electrons. The van der Waals surface area contributed by atoms with E-state index in [1.807, 2.05) is 0 Å². The van der Waals surface area contributed by atoms with Gasteiger partial charge in [-0.15, -0.1) is 5.10 Å². The minimum absolute atomic E-state index is 0.242. The van der Waals surface area contributed by atoms with E-state index in [0.29, 0.717) is 34.0 Å². The third-order valence-electron chi connectivity index (χ3n) is 3.31. The van der Waals surface area contributed by atoms with Crippen LogP contribution in [-0.2, 0) is 6.42 Å². The van der Waals surface area contributed by atoms with Crippen LogP contribution in [0.15, 0.2) is 48.7 Å². The molecule has 1 heterocycles. The number of anilines is 3. The zero-order chi connectivity index (χ0) is 17.6. The van der Waals surface area contributed by atoms with Gasteiger partial charge in [-0.05, 0) is 42.3 Å². The molecule has 3 aromatic rings. The molecule has 0 amide bonds. The average Bonchev–Trinajstić information content (AvgIpc) is 2.56. The van der Waals surface area contributed by atoms with Gasteiger partial charge in [0.25, 0.3) is 0 Å². The third-order valence-corrected chi connectivity index (χ3v) is 3.75. The molecule has 3 rings (SSSR count). The fourth-order valence-corrected chi connectivity index (χ4v) is 2.71. The molecule has 5 nitrogen and oxygen atoms in total. The summed E-state index contributed by atoms with van der Waals surface area (Å²) >= 11 is 11.9. The minimum Gasteiger partial charge on any atom is -0.368 e. The van der Waals surface area contributed by atoms with E-state index in [0.717, 1.165) is 12.0 Å². The minimum atomic E-state index is -0.242. The van der Waals surface area contributed by atoms with Gasteiger partial charge in [0.2, 0.25) is 5.95 Å². The first kappa shape index (κ1) is 17.4. The van der Waals surface area contributed by atoms with Crippen molar-refractivity contribution >= 4 is 40.7 Å². The Labute approximate surface area is 154 Å². The van der Waals surface area contributed by atoms with Gasteiger partial charge < -0.3 is 10.6 Å². The van der Waals surface area contributed by atoms with Gasteiger partial charge in [-0.3, -0.25) is 0 Å². The summed E-state index contributed by atoms with van der Waals surface area (Å²) in [4.78, 5) is 4.33. The Morgan fingerprint density at radius 2 is 1.72 bits per heavy atom. The van der Waals surface area contributed by atoms with Crippen LogP contribution in [0.2, 0.25) is 10.0 Å². The second-order valence-corrected chi connectivity index (χ2v) is 6.12. The van der Waals surface area contributed by atoms with Gasteiger partial charge in [0, 0.05) is 22.3 Å². The number of rotatable bonds is 6. The number of aromatic nitrogens is 3. The molecule has 0 aliphatic rings. The average molecular weight is 378 g/mol. The van der Waals surface area contributed by atoms with Crippen LogP contribution < -0.4 is 10.6 Å². The van der Waals surface area contributed by atoms with Crippen LogP contribution in [0, 0.1) is 5.82 Å². The lowest BCUT2D eigenvalue weighted by Gasteiger charge is -2.08. The summed E-state index contributed by atoms with van der Waals surface area (Å²) in [6.07, 6.45) is 2.26. The molecular formula is C17H14Cl2FN5. The Hall–Kier alpha value is -2.44. The van der Waals surface area contributed by atoms with Crippen molar-refractivity contribution in [3.8, 4) is 0 Å². The number of hydrogen-bond donors (Lipinski definition) is 2. The first-order valence-corrected chi connectivity index (χ1v) is 8.25. The Morgan fingerprint density at radius 3 is 2.44 bits per heavy atom. The number of benzene rings is 2. The molecule has 0 aliphatic heterocycles. The van der Waals surface area contributed by atoms with E-state index in [1.165, 1.54) is 18.3 Å². The number of nitrogens with one attached hydrogen (secondary N) is 2. The highest BCUT2D eigenvalue weighted by molar-refractivity contribution is 6.35. The summed E-state index contributed by atoms with van der Waals surface area (Å²) < 4.78 is 12.9. The maximum Gasteiger partial charge on any atom is 0.249 e. The smallest absolute Gasteiger partial charge is 0.249 e. The van der Waals surface area contributed by atoms with E-state index >= 15 is 0 Å². The van der Waals surface area contributed by atoms with E-state index in [2.05, 4.69) is 25.8 Å². The van der Waals surface area contributed by atoms with Crippen molar-refractivity contribution in [1.29, 1.82) is 0 Å². The Morgan fingerprint density at radius 1 is 1.00 bits per heavy atom. The molecule has 0 unspecified atom stereocenters. The summed E-state index contributed by atoms with van der Waals surface area (Å²) in [5.74, 6) is 0.659. The lowest BCUT2D eigenvalue weighted by Crippen LogP contribution is -2.08. The van der Waals surface area contributed by atoms with Gasteiger partial charge in [0.15, 0.2) is 5.82 Å². The zero-order valence-electron chi connectivity index (χ0n) is 13.0. The fourth-order valence-electron chi connectivity index (χ4n) is 2.18. The van der Waals surface area contributed by atoms with Gasteiger partial charge in [-0.2, -0.15) is 10.1 Å². The Kier molecular flexibility index (Phi) is 5.63. The van der Waals surface area contributed by atoms with E-state index < -0.39 is 0 Å². The molecule has 2 aromatic carbocycles. The van der Waals surface area contributed by atoms with E-state index in [-0.39, 0.29) is 5.82 Å². The molecule has 128 valence electrons. The molecule has 0 aliphatic carbocycles. The maximum atomic E-state index is 12.9. The first-order valence-electron chi connectivity index (χ1n) is 7.50. The zero-order valence-corrected chi connectivity index (χ0v) is 14.5. The van der Waals surface area contributed by atoms with Crippen LogP contribution in [0.25, 0.3) is 0 Å². The molecule has 0 fully saturated rings. The summed E-state index contributed by atoms with van der Waals surface area (Å²) in [5.41, 5.74) is 1.70. The highest BCUT2D eigenvalue weighted by Gasteiger charge is 2.04. The highest BCUT2D eigenvalue weighted by Crippen LogP contribution is 2.24. The number of nitrogens with zero attached hydrogens (tertiary/aromatic N) is 3. The maximum absolute atomic E-state index is 12.9. The van der Waals surface area contributed by atoms with Crippen LogP contribution >= 0.6 is 23.2 Å². The standard InChI is InChI=1S/C17H14Cl2FN5/c18-12-7-13(19)9-15(8-12)23-17-24-16(10-22-25-17)21-6-5-11-1-3-14(20)4-2-11/h1-4,7-10H,5-6H2,(H2,21,23,24,25). The lowest BCUT2D eigenvalue weighted by atomic mass is 10.1. The molecule has 0 atom stereocenters. The van der Waals surface area contributed by atoms with Crippen molar-refractivity contribution < 1.29 is 4.39 Å². The monoisotopic (exact) mass is 377 g/mol. The summed E-state index contributed by atoms with van der Waals surface area (Å²) in [6, 6.07) is 11.5. The van der Waals surface area contributed by atoms with E-state index in [1.54, 1.807) is 30.3 Å². The quantitative estimate of drug-likeness (QED) is 0.650. The Balaban J connectivity index is 1.60. The van der Waals surface area contributed by atoms with Crippen LogP contribution in [0.4, 0.5) is 21.8 Å². The number of hydrogen-bond acceptors (Lipinski definition) is 5. The van der Waals surface area contributed by atoms with Gasteiger partial charge in [-0.25, -0.2) is 4.39 Å². The van der Waals surface area contributed by atoms with E-state index in [4.69, 9.17) is 23.2 Å². The molecule has 0 saturated heterocycles. The Bertz CT molecular complexity index is 838. The predicted octanol–water partition coefficient (Wildman–Crippen LogP) is 4.72. The van der Waals surface area contributed by atoms with Gasteiger partial charge >= 0.3 is 0 Å². The fraction of sp³-hybridized carbons (Fsp3) is 0.118. The molecule has 1 aromatic heterocycles. The number of halogens is 3. The normalized spacial score (nSPS) is 10.5. The predicted molar refractivity (Wildman–Crippen MR) is 98.2 cm³/mol. The van der Waals surface area contributed by atoms with Crippen LogP contribution in [-0.4, -0.2) is 21.7 Å². The SMILES string of the molecule is Fc1ccc(CCNc2cnnc(Nc3cc(Cl)cc(Cl)c3)n2)cc1. The van der Waals surface area contributed by atoms with Crippen LogP contribution in [0.5, 0.6) is 0 Å². The van der Waals surface area contributed by atoms with Gasteiger partial charge in [0.1, 0.15) is 5.82 Å². The highest BCUT2D eigenvalue weighted by atomic mass is 35.5. The molecule has 0 saturated carbocycles. The second kappa shape index (κ2) is 8.09. The topological polar surface area (TPSA) is 62.7 Å². The van der Waals surface area contributed by atoms with Crippen molar-refractivity contribution in [3.63, 3.8) is 0 Å². The molecule has 25 heavy (non-hydrogen) atoms. The summed E-state index contributed by atoms with van der Waals surface area (Å²) in [7, 11) is 0. The summed E-state index contributed by atoms with van der Waals surface area (Å²) in [5, 5.41) is 15.0. The molecule has 0 spiro atoms. The lowest BCUT2D eigenvalue weighted by molar-refractivity contribution is 0.627. The summed E-state index contributed by atoms with van der Waals surface area (Å²) in [6.45, 7) is 0.632. The first-order chi connectivity index (χ1) is 12.1. The van der Waals surface area contributed by atoms with Crippen LogP contribution in [0.1, 0.15) is 5.56 Å². The van der Waals surface area contributed by atoms with Crippen molar-refractivity contribution in [1.82, 2.24) is 15.2 Å².